The Labute approximate surface area is 73.9 Å². The lowest BCUT2D eigenvalue weighted by molar-refractivity contribution is 0.185. The Morgan fingerprint density at radius 1 is 1.33 bits per heavy atom. The Kier molecular flexibility index (Phi) is 3.71. The zero-order valence-corrected chi connectivity index (χ0v) is 7.64. The first-order valence-corrected chi connectivity index (χ1v) is 4.55. The van der Waals surface area contributed by atoms with Gasteiger partial charge >= 0.3 is 0 Å². The number of rotatable bonds is 5. The van der Waals surface area contributed by atoms with Crippen LogP contribution in [0.4, 0.5) is 0 Å². The van der Waals surface area contributed by atoms with Gasteiger partial charge in [0, 0.05) is 6.42 Å². The van der Waals surface area contributed by atoms with Crippen molar-refractivity contribution in [2.24, 2.45) is 0 Å². The predicted molar refractivity (Wildman–Crippen MR) is 48.2 cm³/mol. The van der Waals surface area contributed by atoms with Crippen LogP contribution < -0.4 is 0 Å². The van der Waals surface area contributed by atoms with E-state index in [4.69, 9.17) is 9.47 Å². The van der Waals surface area contributed by atoms with Crippen LogP contribution in [-0.2, 0) is 9.47 Å². The SMILES string of the molecule is C=C1OC=C(CCCCCC)O1. The van der Waals surface area contributed by atoms with Gasteiger partial charge in [-0.1, -0.05) is 26.2 Å². The van der Waals surface area contributed by atoms with E-state index in [2.05, 4.69) is 13.5 Å². The summed E-state index contributed by atoms with van der Waals surface area (Å²) in [5.74, 6) is 1.32. The van der Waals surface area contributed by atoms with E-state index in [1.54, 1.807) is 6.26 Å². The highest BCUT2D eigenvalue weighted by atomic mass is 16.7. The van der Waals surface area contributed by atoms with Crippen molar-refractivity contribution in [1.29, 1.82) is 0 Å². The van der Waals surface area contributed by atoms with Gasteiger partial charge in [-0.05, 0) is 13.0 Å². The summed E-state index contributed by atoms with van der Waals surface area (Å²) in [5.41, 5.74) is 0. The molecule has 0 saturated heterocycles. The maximum atomic E-state index is 5.19. The smallest absolute Gasteiger partial charge is 0.281 e. The number of hydrogen-bond donors (Lipinski definition) is 0. The third kappa shape index (κ3) is 2.99. The van der Waals surface area contributed by atoms with Crippen molar-refractivity contribution in [1.82, 2.24) is 0 Å². The number of allylic oxidation sites excluding steroid dienone is 1. The average molecular weight is 168 g/mol. The summed E-state index contributed by atoms with van der Waals surface area (Å²) in [6, 6.07) is 0. The summed E-state index contributed by atoms with van der Waals surface area (Å²) >= 11 is 0. The molecular formula is C10H16O2. The second kappa shape index (κ2) is 4.86. The van der Waals surface area contributed by atoms with Crippen molar-refractivity contribution in [3.63, 3.8) is 0 Å². The van der Waals surface area contributed by atoms with E-state index in [1.165, 1.54) is 25.7 Å². The Bertz CT molecular complexity index is 182. The molecule has 0 aromatic rings. The molecule has 12 heavy (non-hydrogen) atoms. The lowest BCUT2D eigenvalue weighted by Crippen LogP contribution is -1.84. The quantitative estimate of drug-likeness (QED) is 0.586. The van der Waals surface area contributed by atoms with Crippen LogP contribution in [0.5, 0.6) is 0 Å². The highest BCUT2D eigenvalue weighted by Gasteiger charge is 2.09. The van der Waals surface area contributed by atoms with Crippen LogP contribution in [0.1, 0.15) is 39.0 Å². The minimum absolute atomic E-state index is 0.403. The molecule has 0 aromatic heterocycles. The van der Waals surface area contributed by atoms with Gasteiger partial charge in [0.2, 0.25) is 0 Å². The molecule has 0 saturated carbocycles. The molecule has 0 spiro atoms. The third-order valence-corrected chi connectivity index (χ3v) is 1.84. The van der Waals surface area contributed by atoms with Gasteiger partial charge in [0.25, 0.3) is 5.95 Å². The van der Waals surface area contributed by atoms with Gasteiger partial charge < -0.3 is 9.47 Å². The third-order valence-electron chi connectivity index (χ3n) is 1.84. The van der Waals surface area contributed by atoms with Crippen LogP contribution in [0.15, 0.2) is 24.5 Å². The molecule has 68 valence electrons. The monoisotopic (exact) mass is 168 g/mol. The molecular weight excluding hydrogens is 152 g/mol. The maximum absolute atomic E-state index is 5.19. The van der Waals surface area contributed by atoms with Gasteiger partial charge in [-0.15, -0.1) is 0 Å². The lowest BCUT2D eigenvalue weighted by atomic mass is 10.1. The number of hydrogen-bond acceptors (Lipinski definition) is 2. The highest BCUT2D eigenvalue weighted by molar-refractivity contribution is 4.99. The average Bonchev–Trinajstić information content (AvgIpc) is 2.45. The second-order valence-corrected chi connectivity index (χ2v) is 2.99. The first-order valence-electron chi connectivity index (χ1n) is 4.55. The molecule has 1 aliphatic heterocycles. The Hall–Kier alpha value is -0.920. The van der Waals surface area contributed by atoms with E-state index in [0.29, 0.717) is 5.95 Å². The molecule has 0 N–H and O–H groups in total. The molecule has 1 aliphatic rings. The molecule has 0 bridgehead atoms. The van der Waals surface area contributed by atoms with Crippen LogP contribution in [0.25, 0.3) is 0 Å². The van der Waals surface area contributed by atoms with Gasteiger partial charge in [-0.25, -0.2) is 0 Å². The summed E-state index contributed by atoms with van der Waals surface area (Å²) in [5, 5.41) is 0. The van der Waals surface area contributed by atoms with Crippen molar-refractivity contribution < 1.29 is 9.47 Å². The second-order valence-electron chi connectivity index (χ2n) is 2.99. The fraction of sp³-hybridized carbons (Fsp3) is 0.600. The van der Waals surface area contributed by atoms with E-state index in [1.807, 2.05) is 0 Å². The van der Waals surface area contributed by atoms with Crippen LogP contribution in [0.3, 0.4) is 0 Å². The van der Waals surface area contributed by atoms with E-state index >= 15 is 0 Å². The van der Waals surface area contributed by atoms with E-state index in [0.717, 1.165) is 12.2 Å². The first-order chi connectivity index (χ1) is 5.83. The summed E-state index contributed by atoms with van der Waals surface area (Å²) in [6.45, 7) is 5.76. The van der Waals surface area contributed by atoms with E-state index in [9.17, 15) is 0 Å². The lowest BCUT2D eigenvalue weighted by Gasteiger charge is -2.00. The fourth-order valence-corrected chi connectivity index (χ4v) is 1.16. The molecule has 1 rings (SSSR count). The molecule has 0 unspecified atom stereocenters. The zero-order valence-electron chi connectivity index (χ0n) is 7.64. The summed E-state index contributed by atoms with van der Waals surface area (Å²) in [6.07, 6.45) is 7.63. The minimum Gasteiger partial charge on any atom is -0.431 e. The van der Waals surface area contributed by atoms with Crippen LogP contribution in [-0.4, -0.2) is 0 Å². The summed E-state index contributed by atoms with van der Waals surface area (Å²) in [4.78, 5) is 0. The van der Waals surface area contributed by atoms with E-state index in [-0.39, 0.29) is 0 Å². The predicted octanol–water partition coefficient (Wildman–Crippen LogP) is 3.32. The Morgan fingerprint density at radius 2 is 2.17 bits per heavy atom. The minimum atomic E-state index is 0.403. The number of unbranched alkanes of at least 4 members (excludes halogenated alkanes) is 3. The van der Waals surface area contributed by atoms with Crippen LogP contribution in [0.2, 0.25) is 0 Å². The molecule has 0 fully saturated rings. The van der Waals surface area contributed by atoms with Crippen molar-refractivity contribution in [2.45, 2.75) is 39.0 Å². The van der Waals surface area contributed by atoms with Crippen molar-refractivity contribution >= 4 is 0 Å². The Morgan fingerprint density at radius 3 is 2.75 bits per heavy atom. The van der Waals surface area contributed by atoms with Crippen LogP contribution in [0, 0.1) is 0 Å². The molecule has 0 atom stereocenters. The first kappa shape index (κ1) is 9.17. The zero-order chi connectivity index (χ0) is 8.81. The fourth-order valence-electron chi connectivity index (χ4n) is 1.16. The van der Waals surface area contributed by atoms with Gasteiger partial charge in [0.1, 0.15) is 12.0 Å². The van der Waals surface area contributed by atoms with E-state index < -0.39 is 0 Å². The van der Waals surface area contributed by atoms with Crippen molar-refractivity contribution in [3.05, 3.63) is 24.5 Å². The van der Waals surface area contributed by atoms with Gasteiger partial charge in [-0.3, -0.25) is 0 Å². The Balaban J connectivity index is 2.04. The summed E-state index contributed by atoms with van der Waals surface area (Å²) in [7, 11) is 0. The molecule has 0 aromatic carbocycles. The topological polar surface area (TPSA) is 18.5 Å². The molecule has 1 heterocycles. The highest BCUT2D eigenvalue weighted by Crippen LogP contribution is 2.20. The van der Waals surface area contributed by atoms with Crippen molar-refractivity contribution in [3.8, 4) is 0 Å². The standard InChI is InChI=1S/C10H16O2/c1-3-4-5-6-7-10-8-11-9(2)12-10/h8H,2-7H2,1H3. The largest absolute Gasteiger partial charge is 0.431 e. The maximum Gasteiger partial charge on any atom is 0.281 e. The van der Waals surface area contributed by atoms with Gasteiger partial charge in [0.15, 0.2) is 0 Å². The number of ether oxygens (including phenoxy) is 2. The molecule has 2 nitrogen and oxygen atoms in total. The van der Waals surface area contributed by atoms with Crippen LogP contribution >= 0.6 is 0 Å². The van der Waals surface area contributed by atoms with Gasteiger partial charge in [-0.2, -0.15) is 0 Å². The molecule has 2 heteroatoms. The molecule has 0 aliphatic carbocycles. The van der Waals surface area contributed by atoms with Crippen molar-refractivity contribution in [2.75, 3.05) is 0 Å². The molecule has 0 radical (unpaired) electrons. The normalized spacial score (nSPS) is 15.4. The molecule has 0 amide bonds. The van der Waals surface area contributed by atoms with Gasteiger partial charge in [0.05, 0.1) is 0 Å². The summed E-state index contributed by atoms with van der Waals surface area (Å²) < 4.78 is 10.1.